The smallest absolute Gasteiger partial charge is 0.0228 e. The summed E-state index contributed by atoms with van der Waals surface area (Å²) in [5.74, 6) is 1.89. The molecule has 0 aromatic heterocycles. The number of hydrogen-bond acceptors (Lipinski definition) is 0. The SMILES string of the molecule is CCC(=CC1CCC(C)C1)CC. The number of rotatable bonds is 3. The van der Waals surface area contributed by atoms with Crippen LogP contribution in [0.2, 0.25) is 0 Å². The second-order valence-electron chi connectivity index (χ2n) is 4.21. The predicted octanol–water partition coefficient (Wildman–Crippen LogP) is 4.17. The summed E-state index contributed by atoms with van der Waals surface area (Å²) >= 11 is 0. The second-order valence-corrected chi connectivity index (χ2v) is 4.21. The standard InChI is InChI=1S/C12H22/c1-4-11(5-2)9-12-7-6-10(3)8-12/h9-10,12H,4-8H2,1-3H3. The maximum Gasteiger partial charge on any atom is -0.0228 e. The lowest BCUT2D eigenvalue weighted by atomic mass is 10.0. The summed E-state index contributed by atoms with van der Waals surface area (Å²) in [7, 11) is 0. The van der Waals surface area contributed by atoms with Gasteiger partial charge in [-0.05, 0) is 37.5 Å². The summed E-state index contributed by atoms with van der Waals surface area (Å²) < 4.78 is 0. The van der Waals surface area contributed by atoms with Crippen LogP contribution in [0.1, 0.15) is 52.9 Å². The van der Waals surface area contributed by atoms with E-state index in [1.807, 2.05) is 0 Å². The third-order valence-electron chi connectivity index (χ3n) is 3.12. The van der Waals surface area contributed by atoms with Crippen LogP contribution in [0.25, 0.3) is 0 Å². The quantitative estimate of drug-likeness (QED) is 0.552. The molecule has 0 heterocycles. The molecule has 70 valence electrons. The average Bonchev–Trinajstić information content (AvgIpc) is 2.47. The molecular weight excluding hydrogens is 144 g/mol. The summed E-state index contributed by atoms with van der Waals surface area (Å²) in [5.41, 5.74) is 1.66. The van der Waals surface area contributed by atoms with Crippen molar-refractivity contribution in [2.45, 2.75) is 52.9 Å². The third-order valence-corrected chi connectivity index (χ3v) is 3.12. The van der Waals surface area contributed by atoms with Gasteiger partial charge in [-0.25, -0.2) is 0 Å². The molecule has 0 bridgehead atoms. The fraction of sp³-hybridized carbons (Fsp3) is 0.833. The summed E-state index contributed by atoms with van der Waals surface area (Å²) in [5, 5.41) is 0. The van der Waals surface area contributed by atoms with Crippen molar-refractivity contribution < 1.29 is 0 Å². The molecule has 12 heavy (non-hydrogen) atoms. The first kappa shape index (κ1) is 9.83. The fourth-order valence-corrected chi connectivity index (χ4v) is 2.22. The highest BCUT2D eigenvalue weighted by molar-refractivity contribution is 5.04. The van der Waals surface area contributed by atoms with Crippen LogP contribution in [0.5, 0.6) is 0 Å². The highest BCUT2D eigenvalue weighted by Crippen LogP contribution is 2.32. The molecule has 0 nitrogen and oxygen atoms in total. The Morgan fingerprint density at radius 1 is 1.25 bits per heavy atom. The Labute approximate surface area is 77.1 Å². The van der Waals surface area contributed by atoms with E-state index >= 15 is 0 Å². The Balaban J connectivity index is 2.43. The molecule has 0 saturated heterocycles. The molecule has 1 fully saturated rings. The molecular formula is C12H22. The molecule has 1 aliphatic carbocycles. The maximum absolute atomic E-state index is 2.55. The summed E-state index contributed by atoms with van der Waals surface area (Å²) in [6.07, 6.45) is 9.36. The van der Waals surface area contributed by atoms with Gasteiger partial charge in [0, 0.05) is 0 Å². The van der Waals surface area contributed by atoms with Gasteiger partial charge in [-0.15, -0.1) is 0 Å². The van der Waals surface area contributed by atoms with E-state index in [0.29, 0.717) is 0 Å². The van der Waals surface area contributed by atoms with Gasteiger partial charge in [-0.1, -0.05) is 38.8 Å². The molecule has 0 N–H and O–H groups in total. The first-order chi connectivity index (χ1) is 5.76. The zero-order chi connectivity index (χ0) is 8.97. The van der Waals surface area contributed by atoms with Crippen molar-refractivity contribution in [3.63, 3.8) is 0 Å². The van der Waals surface area contributed by atoms with Crippen LogP contribution in [0.15, 0.2) is 11.6 Å². The van der Waals surface area contributed by atoms with Crippen molar-refractivity contribution in [3.05, 3.63) is 11.6 Å². The zero-order valence-electron chi connectivity index (χ0n) is 8.77. The van der Waals surface area contributed by atoms with Crippen LogP contribution in [-0.4, -0.2) is 0 Å². The fourth-order valence-electron chi connectivity index (χ4n) is 2.22. The van der Waals surface area contributed by atoms with E-state index < -0.39 is 0 Å². The first-order valence-corrected chi connectivity index (χ1v) is 5.45. The van der Waals surface area contributed by atoms with Gasteiger partial charge in [0.05, 0.1) is 0 Å². The lowest BCUT2D eigenvalue weighted by Gasteiger charge is -2.06. The minimum Gasteiger partial charge on any atom is -0.0822 e. The molecule has 0 radical (unpaired) electrons. The van der Waals surface area contributed by atoms with Crippen LogP contribution >= 0.6 is 0 Å². The van der Waals surface area contributed by atoms with Gasteiger partial charge in [-0.3, -0.25) is 0 Å². The zero-order valence-corrected chi connectivity index (χ0v) is 8.77. The predicted molar refractivity (Wildman–Crippen MR) is 55.2 cm³/mol. The summed E-state index contributed by atoms with van der Waals surface area (Å²) in [6.45, 7) is 6.92. The van der Waals surface area contributed by atoms with E-state index in [1.165, 1.54) is 32.1 Å². The van der Waals surface area contributed by atoms with Gasteiger partial charge >= 0.3 is 0 Å². The minimum absolute atomic E-state index is 0.912. The van der Waals surface area contributed by atoms with Crippen LogP contribution < -0.4 is 0 Å². The van der Waals surface area contributed by atoms with Crippen molar-refractivity contribution >= 4 is 0 Å². The molecule has 0 aromatic carbocycles. The molecule has 1 saturated carbocycles. The maximum atomic E-state index is 2.55. The van der Waals surface area contributed by atoms with E-state index in [0.717, 1.165) is 11.8 Å². The highest BCUT2D eigenvalue weighted by atomic mass is 14.2. The first-order valence-electron chi connectivity index (χ1n) is 5.45. The van der Waals surface area contributed by atoms with Gasteiger partial charge in [-0.2, -0.15) is 0 Å². The van der Waals surface area contributed by atoms with E-state index in [2.05, 4.69) is 26.8 Å². The molecule has 2 atom stereocenters. The lowest BCUT2D eigenvalue weighted by Crippen LogP contribution is -1.91. The highest BCUT2D eigenvalue weighted by Gasteiger charge is 2.19. The Morgan fingerprint density at radius 2 is 1.92 bits per heavy atom. The molecule has 1 aliphatic rings. The van der Waals surface area contributed by atoms with Crippen molar-refractivity contribution in [2.24, 2.45) is 11.8 Å². The average molecular weight is 166 g/mol. The summed E-state index contributed by atoms with van der Waals surface area (Å²) in [6, 6.07) is 0. The monoisotopic (exact) mass is 166 g/mol. The lowest BCUT2D eigenvalue weighted by molar-refractivity contribution is 0.583. The van der Waals surface area contributed by atoms with Gasteiger partial charge in [0.25, 0.3) is 0 Å². The number of hydrogen-bond donors (Lipinski definition) is 0. The van der Waals surface area contributed by atoms with Crippen LogP contribution in [0.4, 0.5) is 0 Å². The summed E-state index contributed by atoms with van der Waals surface area (Å²) in [4.78, 5) is 0. The van der Waals surface area contributed by atoms with Crippen molar-refractivity contribution in [3.8, 4) is 0 Å². The van der Waals surface area contributed by atoms with Gasteiger partial charge in [0.15, 0.2) is 0 Å². The minimum atomic E-state index is 0.912. The molecule has 0 spiro atoms. The van der Waals surface area contributed by atoms with E-state index in [1.54, 1.807) is 5.57 Å². The van der Waals surface area contributed by atoms with Crippen molar-refractivity contribution in [2.75, 3.05) is 0 Å². The Morgan fingerprint density at radius 3 is 2.33 bits per heavy atom. The van der Waals surface area contributed by atoms with Crippen LogP contribution in [-0.2, 0) is 0 Å². The van der Waals surface area contributed by atoms with E-state index in [4.69, 9.17) is 0 Å². The van der Waals surface area contributed by atoms with Crippen LogP contribution in [0.3, 0.4) is 0 Å². The molecule has 0 aliphatic heterocycles. The Bertz CT molecular complexity index is 149. The van der Waals surface area contributed by atoms with E-state index in [-0.39, 0.29) is 0 Å². The normalized spacial score (nSPS) is 28.9. The van der Waals surface area contributed by atoms with Crippen molar-refractivity contribution in [1.29, 1.82) is 0 Å². The Hall–Kier alpha value is -0.260. The molecule has 0 heteroatoms. The number of allylic oxidation sites excluding steroid dienone is 2. The topological polar surface area (TPSA) is 0 Å². The third kappa shape index (κ3) is 2.66. The Kier molecular flexibility index (Phi) is 3.84. The van der Waals surface area contributed by atoms with Gasteiger partial charge in [0.2, 0.25) is 0 Å². The van der Waals surface area contributed by atoms with Gasteiger partial charge < -0.3 is 0 Å². The van der Waals surface area contributed by atoms with Crippen LogP contribution in [0, 0.1) is 11.8 Å². The molecule has 0 aromatic rings. The largest absolute Gasteiger partial charge is 0.0822 e. The molecule has 2 unspecified atom stereocenters. The molecule has 1 rings (SSSR count). The molecule has 0 amide bonds. The second kappa shape index (κ2) is 4.69. The van der Waals surface area contributed by atoms with E-state index in [9.17, 15) is 0 Å². The van der Waals surface area contributed by atoms with Crippen molar-refractivity contribution in [1.82, 2.24) is 0 Å². The van der Waals surface area contributed by atoms with Gasteiger partial charge in [0.1, 0.15) is 0 Å².